The van der Waals surface area contributed by atoms with E-state index in [0.717, 1.165) is 6.26 Å². The smallest absolute Gasteiger partial charge is 0.338 e. The Kier molecular flexibility index (Phi) is 3.66. The lowest BCUT2D eigenvalue weighted by Crippen LogP contribution is -1.96. The zero-order valence-electron chi connectivity index (χ0n) is 9.02. The third-order valence-corrected chi connectivity index (χ3v) is 2.78. The first kappa shape index (κ1) is 12.6. The molecule has 18 heavy (non-hydrogen) atoms. The molecule has 0 fully saturated rings. The highest BCUT2D eigenvalue weighted by atomic mass is 79.9. The van der Waals surface area contributed by atoms with Gasteiger partial charge in [0.25, 0.3) is 0 Å². The van der Waals surface area contributed by atoms with Gasteiger partial charge in [-0.25, -0.2) is 9.18 Å². The van der Waals surface area contributed by atoms with Gasteiger partial charge in [-0.2, -0.15) is 0 Å². The molecule has 0 saturated carbocycles. The Morgan fingerprint density at radius 1 is 1.44 bits per heavy atom. The van der Waals surface area contributed by atoms with E-state index in [1.54, 1.807) is 0 Å². The van der Waals surface area contributed by atoms with E-state index < -0.39 is 5.97 Å². The fraction of sp³-hybridized carbons (Fsp3) is 0.0833. The van der Waals surface area contributed by atoms with Gasteiger partial charge >= 0.3 is 5.97 Å². The molecule has 0 unspecified atom stereocenters. The number of hydrogen-bond acceptors (Lipinski definition) is 3. The van der Waals surface area contributed by atoms with E-state index in [0.29, 0.717) is 16.0 Å². The number of furan rings is 1. The van der Waals surface area contributed by atoms with Crippen molar-refractivity contribution in [3.05, 3.63) is 52.1 Å². The molecule has 0 radical (unpaired) electrons. The first-order valence-corrected chi connectivity index (χ1v) is 5.74. The average molecular weight is 315 g/mol. The summed E-state index contributed by atoms with van der Waals surface area (Å²) in [5.41, 5.74) is 0.0618. The number of halogens is 2. The molecule has 1 N–H and O–H groups in total. The summed E-state index contributed by atoms with van der Waals surface area (Å²) < 4.78 is 23.7. The molecule has 2 rings (SSSR count). The Bertz CT molecular complexity index is 579. The number of carboxylic acid groups (broad SMARTS) is 1. The molecule has 0 aliphatic heterocycles. The van der Waals surface area contributed by atoms with Crippen molar-refractivity contribution in [3.8, 4) is 5.75 Å². The molecular formula is C12H8BrFO4. The predicted molar refractivity (Wildman–Crippen MR) is 64.1 cm³/mol. The van der Waals surface area contributed by atoms with Crippen LogP contribution in [0, 0.1) is 5.82 Å². The van der Waals surface area contributed by atoms with Crippen molar-refractivity contribution in [1.82, 2.24) is 0 Å². The fourth-order valence-corrected chi connectivity index (χ4v) is 1.77. The van der Waals surface area contributed by atoms with Crippen molar-refractivity contribution in [2.24, 2.45) is 0 Å². The normalized spacial score (nSPS) is 10.3. The van der Waals surface area contributed by atoms with E-state index in [2.05, 4.69) is 15.9 Å². The van der Waals surface area contributed by atoms with Crippen molar-refractivity contribution < 1.29 is 23.4 Å². The fourth-order valence-electron chi connectivity index (χ4n) is 1.31. The average Bonchev–Trinajstić information content (AvgIpc) is 2.76. The monoisotopic (exact) mass is 314 g/mol. The number of carbonyl (C=O) groups is 1. The predicted octanol–water partition coefficient (Wildman–Crippen LogP) is 3.46. The summed E-state index contributed by atoms with van der Waals surface area (Å²) in [6.07, 6.45) is 1.14. The van der Waals surface area contributed by atoms with Gasteiger partial charge in [0.2, 0.25) is 0 Å². The van der Waals surface area contributed by atoms with Gasteiger partial charge in [-0.1, -0.05) is 0 Å². The van der Waals surface area contributed by atoms with Crippen molar-refractivity contribution >= 4 is 21.9 Å². The Morgan fingerprint density at radius 2 is 2.22 bits per heavy atom. The van der Waals surface area contributed by atoms with Crippen LogP contribution in [0.1, 0.15) is 16.1 Å². The SMILES string of the molecule is O=C(O)c1coc(COc2ccc(F)cc2Br)c1. The summed E-state index contributed by atoms with van der Waals surface area (Å²) in [4.78, 5) is 10.6. The highest BCUT2D eigenvalue weighted by molar-refractivity contribution is 9.10. The highest BCUT2D eigenvalue weighted by Crippen LogP contribution is 2.26. The van der Waals surface area contributed by atoms with Crippen LogP contribution in [0.2, 0.25) is 0 Å². The second-order valence-electron chi connectivity index (χ2n) is 3.47. The van der Waals surface area contributed by atoms with E-state index in [1.165, 1.54) is 24.3 Å². The summed E-state index contributed by atoms with van der Waals surface area (Å²) in [6, 6.07) is 5.39. The number of aromatic carboxylic acids is 1. The number of benzene rings is 1. The van der Waals surface area contributed by atoms with Crippen molar-refractivity contribution in [3.63, 3.8) is 0 Å². The first-order chi connectivity index (χ1) is 8.56. The zero-order valence-corrected chi connectivity index (χ0v) is 10.6. The molecule has 0 aliphatic rings. The van der Waals surface area contributed by atoms with Crippen LogP contribution in [0.25, 0.3) is 0 Å². The summed E-state index contributed by atoms with van der Waals surface area (Å²) in [5.74, 6) is -0.610. The van der Waals surface area contributed by atoms with Gasteiger partial charge in [0.15, 0.2) is 0 Å². The van der Waals surface area contributed by atoms with Crippen LogP contribution >= 0.6 is 15.9 Å². The number of rotatable bonds is 4. The molecule has 6 heteroatoms. The molecule has 1 aromatic heterocycles. The highest BCUT2D eigenvalue weighted by Gasteiger charge is 2.09. The summed E-state index contributed by atoms with van der Waals surface area (Å²) in [7, 11) is 0. The van der Waals surface area contributed by atoms with Gasteiger partial charge in [-0.3, -0.25) is 0 Å². The minimum Gasteiger partial charge on any atom is -0.484 e. The van der Waals surface area contributed by atoms with Gasteiger partial charge in [-0.15, -0.1) is 0 Å². The van der Waals surface area contributed by atoms with Crippen LogP contribution in [0.4, 0.5) is 4.39 Å². The van der Waals surface area contributed by atoms with E-state index in [4.69, 9.17) is 14.3 Å². The zero-order chi connectivity index (χ0) is 13.1. The van der Waals surface area contributed by atoms with E-state index in [9.17, 15) is 9.18 Å². The third-order valence-electron chi connectivity index (χ3n) is 2.16. The molecule has 1 heterocycles. The largest absolute Gasteiger partial charge is 0.484 e. The van der Waals surface area contributed by atoms with E-state index >= 15 is 0 Å². The molecule has 94 valence electrons. The lowest BCUT2D eigenvalue weighted by Gasteiger charge is -2.06. The number of hydrogen-bond donors (Lipinski definition) is 1. The molecule has 2 aromatic rings. The number of carboxylic acids is 1. The van der Waals surface area contributed by atoms with Gasteiger partial charge in [0.1, 0.15) is 30.2 Å². The minimum absolute atomic E-state index is 0.0618. The summed E-state index contributed by atoms with van der Waals surface area (Å²) >= 11 is 3.16. The molecular weight excluding hydrogens is 307 g/mol. The molecule has 1 aromatic carbocycles. The van der Waals surface area contributed by atoms with Crippen molar-refractivity contribution in [1.29, 1.82) is 0 Å². The molecule has 0 atom stereocenters. The molecule has 0 spiro atoms. The molecule has 0 aliphatic carbocycles. The minimum atomic E-state index is -1.06. The van der Waals surface area contributed by atoms with E-state index in [1.807, 2.05) is 0 Å². The van der Waals surface area contributed by atoms with Crippen molar-refractivity contribution in [2.45, 2.75) is 6.61 Å². The Labute approximate surface area is 110 Å². The standard InChI is InChI=1S/C12H8BrFO4/c13-10-4-8(14)1-2-11(10)18-6-9-3-7(5-17-9)12(15)16/h1-5H,6H2,(H,15,16). The van der Waals surface area contributed by atoms with Crippen LogP contribution in [-0.4, -0.2) is 11.1 Å². The van der Waals surface area contributed by atoms with Gasteiger partial charge in [0.05, 0.1) is 10.0 Å². The van der Waals surface area contributed by atoms with Gasteiger partial charge in [0, 0.05) is 0 Å². The maximum atomic E-state index is 12.8. The summed E-state index contributed by atoms with van der Waals surface area (Å²) in [6.45, 7) is 0.0670. The molecule has 0 amide bonds. The topological polar surface area (TPSA) is 59.7 Å². The Hall–Kier alpha value is -1.82. The maximum Gasteiger partial charge on any atom is 0.338 e. The lowest BCUT2D eigenvalue weighted by molar-refractivity contribution is 0.0696. The maximum absolute atomic E-state index is 12.8. The van der Waals surface area contributed by atoms with Gasteiger partial charge < -0.3 is 14.3 Å². The Morgan fingerprint density at radius 3 is 2.83 bits per heavy atom. The lowest BCUT2D eigenvalue weighted by atomic mass is 10.3. The molecule has 4 nitrogen and oxygen atoms in total. The van der Waals surface area contributed by atoms with Gasteiger partial charge in [-0.05, 0) is 40.2 Å². The first-order valence-electron chi connectivity index (χ1n) is 4.95. The second-order valence-corrected chi connectivity index (χ2v) is 4.32. The van der Waals surface area contributed by atoms with Crippen LogP contribution in [0.5, 0.6) is 5.75 Å². The second kappa shape index (κ2) is 5.22. The van der Waals surface area contributed by atoms with Crippen LogP contribution in [0.3, 0.4) is 0 Å². The molecule has 0 bridgehead atoms. The Balaban J connectivity index is 2.04. The van der Waals surface area contributed by atoms with E-state index in [-0.39, 0.29) is 18.0 Å². The third kappa shape index (κ3) is 2.89. The molecule has 0 saturated heterocycles. The summed E-state index contributed by atoms with van der Waals surface area (Å²) in [5, 5.41) is 8.71. The quantitative estimate of drug-likeness (QED) is 0.939. The number of ether oxygens (including phenoxy) is 1. The van der Waals surface area contributed by atoms with Crippen molar-refractivity contribution in [2.75, 3.05) is 0 Å². The van der Waals surface area contributed by atoms with Crippen LogP contribution in [0.15, 0.2) is 39.4 Å². The van der Waals surface area contributed by atoms with Crippen LogP contribution < -0.4 is 4.74 Å². The van der Waals surface area contributed by atoms with Crippen LogP contribution in [-0.2, 0) is 6.61 Å².